The first-order valence-electron chi connectivity index (χ1n) is 7.46. The number of halogens is 1. The molecule has 0 aliphatic heterocycles. The number of nitriles is 1. The Kier molecular flexibility index (Phi) is 5.10. The molecule has 0 amide bonds. The molecule has 0 atom stereocenters. The average Bonchev–Trinajstić information content (AvgIpc) is 2.51. The Morgan fingerprint density at radius 1 is 1.33 bits per heavy atom. The highest BCUT2D eigenvalue weighted by atomic mass is 35.5. The van der Waals surface area contributed by atoms with Gasteiger partial charge in [-0.2, -0.15) is 5.26 Å². The lowest BCUT2D eigenvalue weighted by Gasteiger charge is -2.16. The second kappa shape index (κ2) is 6.90. The molecule has 0 radical (unpaired) electrons. The Labute approximate surface area is 145 Å². The fourth-order valence-electron chi connectivity index (χ4n) is 2.44. The van der Waals surface area contributed by atoms with Crippen molar-refractivity contribution in [2.45, 2.75) is 33.7 Å². The second-order valence-electron chi connectivity index (χ2n) is 5.76. The number of rotatable bonds is 3. The van der Waals surface area contributed by atoms with Crippen molar-refractivity contribution in [1.82, 2.24) is 4.57 Å². The first-order chi connectivity index (χ1) is 11.3. The molecule has 0 aliphatic rings. The average molecular weight is 344 g/mol. The summed E-state index contributed by atoms with van der Waals surface area (Å²) in [7, 11) is 0. The highest BCUT2D eigenvalue weighted by Crippen LogP contribution is 2.27. The fourth-order valence-corrected chi connectivity index (χ4v) is 2.61. The van der Waals surface area contributed by atoms with E-state index < -0.39 is 5.56 Å². The number of hydrogen-bond acceptors (Lipinski definition) is 4. The number of aliphatic imine (C=N–C) groups is 1. The highest BCUT2D eigenvalue weighted by molar-refractivity contribution is 6.31. The van der Waals surface area contributed by atoms with Crippen LogP contribution in [0.3, 0.4) is 0 Å². The SMILES string of the molecule is Cc1c(Cl)cccc1N=Cc1c(C)c(C#N)c(=O)n(C(C)C)c1O. The zero-order valence-electron chi connectivity index (χ0n) is 14.0. The fraction of sp³-hybridized carbons (Fsp3) is 0.278. The minimum Gasteiger partial charge on any atom is -0.494 e. The zero-order chi connectivity index (χ0) is 18.0. The van der Waals surface area contributed by atoms with Crippen LogP contribution in [0.15, 0.2) is 28.0 Å². The topological polar surface area (TPSA) is 78.4 Å². The maximum Gasteiger partial charge on any atom is 0.271 e. The summed E-state index contributed by atoms with van der Waals surface area (Å²) in [6, 6.07) is 6.98. The van der Waals surface area contributed by atoms with Crippen molar-refractivity contribution < 1.29 is 5.11 Å². The minimum atomic E-state index is -0.501. The van der Waals surface area contributed by atoms with E-state index in [0.717, 1.165) is 5.56 Å². The molecular weight excluding hydrogens is 326 g/mol. The molecule has 0 fully saturated rings. The van der Waals surface area contributed by atoms with E-state index in [0.29, 0.717) is 21.8 Å². The van der Waals surface area contributed by atoms with Crippen molar-refractivity contribution in [3.05, 3.63) is 55.8 Å². The van der Waals surface area contributed by atoms with Crippen LogP contribution in [0.5, 0.6) is 5.88 Å². The first kappa shape index (κ1) is 17.8. The van der Waals surface area contributed by atoms with Gasteiger partial charge in [0.05, 0.1) is 11.3 Å². The Hall–Kier alpha value is -2.58. The van der Waals surface area contributed by atoms with Gasteiger partial charge in [0, 0.05) is 17.3 Å². The molecule has 1 aromatic carbocycles. The van der Waals surface area contributed by atoms with E-state index >= 15 is 0 Å². The smallest absolute Gasteiger partial charge is 0.271 e. The molecule has 6 heteroatoms. The number of benzene rings is 1. The van der Waals surface area contributed by atoms with E-state index in [9.17, 15) is 15.2 Å². The lowest BCUT2D eigenvalue weighted by Crippen LogP contribution is -2.26. The Balaban J connectivity index is 2.69. The van der Waals surface area contributed by atoms with E-state index in [1.807, 2.05) is 13.0 Å². The van der Waals surface area contributed by atoms with Crippen molar-refractivity contribution in [3.8, 4) is 11.9 Å². The lowest BCUT2D eigenvalue weighted by atomic mass is 10.1. The number of hydrogen-bond donors (Lipinski definition) is 1. The largest absolute Gasteiger partial charge is 0.494 e. The quantitative estimate of drug-likeness (QED) is 0.854. The van der Waals surface area contributed by atoms with Crippen LogP contribution in [-0.4, -0.2) is 15.9 Å². The summed E-state index contributed by atoms with van der Waals surface area (Å²) in [5.74, 6) is -0.199. The van der Waals surface area contributed by atoms with Crippen molar-refractivity contribution in [3.63, 3.8) is 0 Å². The van der Waals surface area contributed by atoms with Crippen LogP contribution >= 0.6 is 11.6 Å². The molecule has 124 valence electrons. The summed E-state index contributed by atoms with van der Waals surface area (Å²) in [4.78, 5) is 16.7. The zero-order valence-corrected chi connectivity index (χ0v) is 14.7. The van der Waals surface area contributed by atoms with Crippen molar-refractivity contribution in [1.29, 1.82) is 5.26 Å². The second-order valence-corrected chi connectivity index (χ2v) is 6.17. The van der Waals surface area contributed by atoms with Crippen LogP contribution in [-0.2, 0) is 0 Å². The van der Waals surface area contributed by atoms with E-state index in [-0.39, 0.29) is 17.5 Å². The van der Waals surface area contributed by atoms with Gasteiger partial charge in [0.25, 0.3) is 5.56 Å². The summed E-state index contributed by atoms with van der Waals surface area (Å²) >= 11 is 6.08. The van der Waals surface area contributed by atoms with Crippen LogP contribution in [0.1, 0.15) is 42.1 Å². The van der Waals surface area contributed by atoms with Gasteiger partial charge in [0.2, 0.25) is 5.88 Å². The van der Waals surface area contributed by atoms with Crippen molar-refractivity contribution in [2.75, 3.05) is 0 Å². The Morgan fingerprint density at radius 3 is 2.58 bits per heavy atom. The number of aromatic nitrogens is 1. The normalized spacial score (nSPS) is 11.2. The Bertz CT molecular complexity index is 921. The van der Waals surface area contributed by atoms with Gasteiger partial charge >= 0.3 is 0 Å². The molecular formula is C18H18ClN3O2. The molecule has 5 nitrogen and oxygen atoms in total. The predicted molar refractivity (Wildman–Crippen MR) is 95.6 cm³/mol. The van der Waals surface area contributed by atoms with E-state index in [1.54, 1.807) is 39.0 Å². The lowest BCUT2D eigenvalue weighted by molar-refractivity contribution is 0.386. The number of aromatic hydroxyl groups is 1. The van der Waals surface area contributed by atoms with Crippen LogP contribution in [0.2, 0.25) is 5.02 Å². The van der Waals surface area contributed by atoms with Crippen LogP contribution in [0.4, 0.5) is 5.69 Å². The first-order valence-corrected chi connectivity index (χ1v) is 7.84. The molecule has 1 N–H and O–H groups in total. The molecule has 0 saturated carbocycles. The predicted octanol–water partition coefficient (Wildman–Crippen LogP) is 4.03. The van der Waals surface area contributed by atoms with Gasteiger partial charge in [-0.25, -0.2) is 0 Å². The van der Waals surface area contributed by atoms with Gasteiger partial charge in [0.1, 0.15) is 11.6 Å². The van der Waals surface area contributed by atoms with E-state index in [4.69, 9.17) is 11.6 Å². The van der Waals surface area contributed by atoms with E-state index in [1.165, 1.54) is 10.8 Å². The van der Waals surface area contributed by atoms with Crippen LogP contribution in [0.25, 0.3) is 0 Å². The van der Waals surface area contributed by atoms with Gasteiger partial charge in [0.15, 0.2) is 0 Å². The molecule has 2 aromatic rings. The monoisotopic (exact) mass is 343 g/mol. The number of nitrogens with zero attached hydrogens (tertiary/aromatic N) is 3. The summed E-state index contributed by atoms with van der Waals surface area (Å²) in [5.41, 5.74) is 1.72. The highest BCUT2D eigenvalue weighted by Gasteiger charge is 2.19. The van der Waals surface area contributed by atoms with Gasteiger partial charge in [-0.05, 0) is 51.0 Å². The van der Waals surface area contributed by atoms with E-state index in [2.05, 4.69) is 4.99 Å². The van der Waals surface area contributed by atoms with Gasteiger partial charge in [-0.15, -0.1) is 0 Å². The molecule has 0 saturated heterocycles. The third-order valence-electron chi connectivity index (χ3n) is 3.88. The molecule has 24 heavy (non-hydrogen) atoms. The molecule has 1 aromatic heterocycles. The minimum absolute atomic E-state index is 0.00534. The summed E-state index contributed by atoms with van der Waals surface area (Å²) in [5, 5.41) is 20.4. The third-order valence-corrected chi connectivity index (χ3v) is 4.29. The molecule has 0 bridgehead atoms. The van der Waals surface area contributed by atoms with Gasteiger partial charge < -0.3 is 5.11 Å². The summed E-state index contributed by atoms with van der Waals surface area (Å²) in [6.45, 7) is 6.99. The van der Waals surface area contributed by atoms with Crippen molar-refractivity contribution >= 4 is 23.5 Å². The third kappa shape index (κ3) is 3.06. The molecule has 0 spiro atoms. The molecule has 0 aliphatic carbocycles. The van der Waals surface area contributed by atoms with Gasteiger partial charge in [-0.1, -0.05) is 17.7 Å². The summed E-state index contributed by atoms with van der Waals surface area (Å²) in [6.07, 6.45) is 1.46. The van der Waals surface area contributed by atoms with Crippen LogP contribution < -0.4 is 5.56 Å². The maximum absolute atomic E-state index is 12.3. The number of pyridine rings is 1. The molecule has 0 unspecified atom stereocenters. The standard InChI is InChI=1S/C18H18ClN3O2/c1-10(2)22-17(23)13(8-20)11(3)14(18(22)24)9-21-16-7-5-6-15(19)12(16)4/h5-7,9-10,24H,1-4H3. The maximum atomic E-state index is 12.3. The molecule has 1 heterocycles. The Morgan fingerprint density at radius 2 is 2.00 bits per heavy atom. The van der Waals surface area contributed by atoms with Crippen LogP contribution in [0, 0.1) is 25.2 Å². The summed E-state index contributed by atoms with van der Waals surface area (Å²) < 4.78 is 1.19. The van der Waals surface area contributed by atoms with Crippen molar-refractivity contribution in [2.24, 2.45) is 4.99 Å². The molecule has 2 rings (SSSR count). The van der Waals surface area contributed by atoms with Gasteiger partial charge in [-0.3, -0.25) is 14.4 Å².